The van der Waals surface area contributed by atoms with Crippen LogP contribution in [0.3, 0.4) is 0 Å². The SMILES string of the molecule is CCCCCCCCCS(=O)c1ccc(N)cc1. The minimum Gasteiger partial charge on any atom is -0.399 e. The normalized spacial score (nSPS) is 12.5. The number of unbranched alkanes of at least 4 members (excludes halogenated alkanes) is 6. The van der Waals surface area contributed by atoms with Gasteiger partial charge in [0.25, 0.3) is 0 Å². The van der Waals surface area contributed by atoms with Crippen molar-refractivity contribution in [2.24, 2.45) is 0 Å². The van der Waals surface area contributed by atoms with Gasteiger partial charge in [-0.3, -0.25) is 4.21 Å². The minimum atomic E-state index is -0.856. The highest BCUT2D eigenvalue weighted by atomic mass is 32.2. The second-order valence-electron chi connectivity index (χ2n) is 4.74. The van der Waals surface area contributed by atoms with Crippen molar-refractivity contribution in [2.75, 3.05) is 11.5 Å². The predicted molar refractivity (Wildman–Crippen MR) is 80.1 cm³/mol. The Balaban J connectivity index is 2.12. The molecule has 0 aliphatic carbocycles. The summed E-state index contributed by atoms with van der Waals surface area (Å²) in [6.45, 7) is 2.23. The minimum absolute atomic E-state index is 0.728. The van der Waals surface area contributed by atoms with Gasteiger partial charge in [0.1, 0.15) is 0 Å². The Bertz CT molecular complexity index is 348. The quantitative estimate of drug-likeness (QED) is 0.540. The molecule has 0 bridgehead atoms. The third-order valence-corrected chi connectivity index (χ3v) is 4.53. The van der Waals surface area contributed by atoms with E-state index in [0.717, 1.165) is 22.8 Å². The second-order valence-corrected chi connectivity index (χ2v) is 6.31. The lowest BCUT2D eigenvalue weighted by molar-refractivity contribution is 0.601. The Morgan fingerprint density at radius 1 is 0.944 bits per heavy atom. The molecule has 0 amide bonds. The number of nitrogens with two attached hydrogens (primary N) is 1. The van der Waals surface area contributed by atoms with Crippen molar-refractivity contribution in [1.82, 2.24) is 0 Å². The summed E-state index contributed by atoms with van der Waals surface area (Å²) in [5.74, 6) is 0.775. The van der Waals surface area contributed by atoms with Crippen LogP contribution in [0.25, 0.3) is 0 Å². The van der Waals surface area contributed by atoms with Crippen molar-refractivity contribution in [2.45, 2.75) is 56.8 Å². The van der Waals surface area contributed by atoms with Crippen LogP contribution >= 0.6 is 0 Å². The summed E-state index contributed by atoms with van der Waals surface area (Å²) in [7, 11) is -0.856. The lowest BCUT2D eigenvalue weighted by Gasteiger charge is -2.03. The first-order valence-corrected chi connectivity index (χ1v) is 8.30. The molecule has 3 heteroatoms. The third-order valence-electron chi connectivity index (χ3n) is 3.08. The Morgan fingerprint density at radius 3 is 2.11 bits per heavy atom. The molecule has 0 aromatic heterocycles. The fourth-order valence-corrected chi connectivity index (χ4v) is 3.07. The van der Waals surface area contributed by atoms with E-state index in [4.69, 9.17) is 5.73 Å². The molecule has 0 saturated heterocycles. The van der Waals surface area contributed by atoms with Gasteiger partial charge in [0.15, 0.2) is 0 Å². The number of hydrogen-bond donors (Lipinski definition) is 1. The summed E-state index contributed by atoms with van der Waals surface area (Å²) in [5.41, 5.74) is 6.34. The van der Waals surface area contributed by atoms with E-state index in [1.54, 1.807) is 0 Å². The molecule has 1 rings (SSSR count). The molecular formula is C15H25NOS. The van der Waals surface area contributed by atoms with Crippen molar-refractivity contribution in [3.8, 4) is 0 Å². The van der Waals surface area contributed by atoms with Gasteiger partial charge in [0.2, 0.25) is 0 Å². The highest BCUT2D eigenvalue weighted by Gasteiger charge is 2.02. The number of anilines is 1. The maximum atomic E-state index is 12.0. The van der Waals surface area contributed by atoms with E-state index < -0.39 is 10.8 Å². The van der Waals surface area contributed by atoms with Gasteiger partial charge in [0.05, 0.1) is 10.8 Å². The van der Waals surface area contributed by atoms with Crippen molar-refractivity contribution < 1.29 is 4.21 Å². The fourth-order valence-electron chi connectivity index (χ4n) is 1.93. The van der Waals surface area contributed by atoms with E-state index in [2.05, 4.69) is 6.92 Å². The molecule has 18 heavy (non-hydrogen) atoms. The van der Waals surface area contributed by atoms with Crippen molar-refractivity contribution in [3.63, 3.8) is 0 Å². The molecular weight excluding hydrogens is 242 g/mol. The summed E-state index contributed by atoms with van der Waals surface area (Å²) in [6.07, 6.45) is 8.84. The summed E-state index contributed by atoms with van der Waals surface area (Å²) in [5, 5.41) is 0. The van der Waals surface area contributed by atoms with Crippen LogP contribution in [0.1, 0.15) is 51.9 Å². The van der Waals surface area contributed by atoms with Crippen molar-refractivity contribution in [1.29, 1.82) is 0 Å². The number of hydrogen-bond acceptors (Lipinski definition) is 2. The molecule has 2 N–H and O–H groups in total. The molecule has 0 spiro atoms. The smallest absolute Gasteiger partial charge is 0.0529 e. The van der Waals surface area contributed by atoms with Crippen LogP contribution in [0.4, 0.5) is 5.69 Å². The maximum Gasteiger partial charge on any atom is 0.0529 e. The van der Waals surface area contributed by atoms with Crippen LogP contribution < -0.4 is 5.73 Å². The molecule has 2 nitrogen and oxygen atoms in total. The summed E-state index contributed by atoms with van der Waals surface area (Å²) in [4.78, 5) is 0.898. The van der Waals surface area contributed by atoms with E-state index in [1.807, 2.05) is 24.3 Å². The third kappa shape index (κ3) is 6.20. The first kappa shape index (κ1) is 15.2. The lowest BCUT2D eigenvalue weighted by atomic mass is 10.1. The Labute approximate surface area is 113 Å². The zero-order valence-electron chi connectivity index (χ0n) is 11.4. The molecule has 0 aliphatic rings. The zero-order chi connectivity index (χ0) is 13.2. The van der Waals surface area contributed by atoms with Gasteiger partial charge < -0.3 is 5.73 Å². The average Bonchev–Trinajstić information content (AvgIpc) is 2.38. The van der Waals surface area contributed by atoms with E-state index in [9.17, 15) is 4.21 Å². The number of rotatable bonds is 9. The summed E-state index contributed by atoms with van der Waals surface area (Å²) < 4.78 is 12.0. The van der Waals surface area contributed by atoms with Gasteiger partial charge in [-0.25, -0.2) is 0 Å². The molecule has 0 saturated carbocycles. The molecule has 102 valence electrons. The Hall–Kier alpha value is -0.830. The maximum absolute atomic E-state index is 12.0. The highest BCUT2D eigenvalue weighted by molar-refractivity contribution is 7.85. The van der Waals surface area contributed by atoms with Crippen LogP contribution in [-0.2, 0) is 10.8 Å². The van der Waals surface area contributed by atoms with Gasteiger partial charge in [0, 0.05) is 16.3 Å². The average molecular weight is 267 g/mol. The van der Waals surface area contributed by atoms with E-state index in [1.165, 1.54) is 38.5 Å². The van der Waals surface area contributed by atoms with Crippen molar-refractivity contribution >= 4 is 16.5 Å². The lowest BCUT2D eigenvalue weighted by Crippen LogP contribution is -1.98. The van der Waals surface area contributed by atoms with Crippen LogP contribution in [0.2, 0.25) is 0 Å². The van der Waals surface area contributed by atoms with Gasteiger partial charge in [-0.2, -0.15) is 0 Å². The van der Waals surface area contributed by atoms with Gasteiger partial charge in [-0.05, 0) is 30.7 Å². The van der Waals surface area contributed by atoms with Crippen LogP contribution in [0.15, 0.2) is 29.2 Å². The van der Waals surface area contributed by atoms with E-state index in [0.29, 0.717) is 0 Å². The number of nitrogen functional groups attached to an aromatic ring is 1. The summed E-state index contributed by atoms with van der Waals surface area (Å²) >= 11 is 0. The molecule has 0 heterocycles. The monoisotopic (exact) mass is 267 g/mol. The molecule has 0 radical (unpaired) electrons. The van der Waals surface area contributed by atoms with Gasteiger partial charge in [-0.15, -0.1) is 0 Å². The van der Waals surface area contributed by atoms with Gasteiger partial charge in [-0.1, -0.05) is 45.4 Å². The number of benzene rings is 1. The van der Waals surface area contributed by atoms with Crippen LogP contribution in [-0.4, -0.2) is 9.96 Å². The zero-order valence-corrected chi connectivity index (χ0v) is 12.2. The first-order chi connectivity index (χ1) is 8.74. The fraction of sp³-hybridized carbons (Fsp3) is 0.600. The standard InChI is InChI=1S/C15H25NOS/c1-2-3-4-5-6-7-8-13-18(17)15-11-9-14(16)10-12-15/h9-12H,2-8,13,16H2,1H3. The van der Waals surface area contributed by atoms with E-state index >= 15 is 0 Å². The molecule has 1 atom stereocenters. The van der Waals surface area contributed by atoms with E-state index in [-0.39, 0.29) is 0 Å². The second kappa shape index (κ2) is 9.15. The Kier molecular flexibility index (Phi) is 7.74. The molecule has 1 unspecified atom stereocenters. The Morgan fingerprint density at radius 2 is 1.50 bits per heavy atom. The van der Waals surface area contributed by atoms with Crippen molar-refractivity contribution in [3.05, 3.63) is 24.3 Å². The topological polar surface area (TPSA) is 43.1 Å². The summed E-state index contributed by atoms with van der Waals surface area (Å²) in [6, 6.07) is 7.37. The highest BCUT2D eigenvalue weighted by Crippen LogP contribution is 2.13. The van der Waals surface area contributed by atoms with Crippen LogP contribution in [0.5, 0.6) is 0 Å². The van der Waals surface area contributed by atoms with Crippen LogP contribution in [0, 0.1) is 0 Å². The predicted octanol–water partition coefficient (Wildman–Crippen LogP) is 4.13. The largest absolute Gasteiger partial charge is 0.399 e. The first-order valence-electron chi connectivity index (χ1n) is 6.98. The molecule has 0 aliphatic heterocycles. The molecule has 1 aromatic rings. The van der Waals surface area contributed by atoms with Gasteiger partial charge >= 0.3 is 0 Å². The molecule has 1 aromatic carbocycles. The molecule has 0 fully saturated rings.